The summed E-state index contributed by atoms with van der Waals surface area (Å²) in [4.78, 5) is 45.0. The van der Waals surface area contributed by atoms with Crippen molar-refractivity contribution in [1.29, 1.82) is 0 Å². The van der Waals surface area contributed by atoms with E-state index < -0.39 is 24.1 Å². The van der Waals surface area contributed by atoms with Crippen LogP contribution in [0.15, 0.2) is 24.3 Å². The summed E-state index contributed by atoms with van der Waals surface area (Å²) >= 11 is 0. The van der Waals surface area contributed by atoms with Crippen LogP contribution < -0.4 is 44.2 Å². The van der Waals surface area contributed by atoms with Crippen LogP contribution in [0.25, 0.3) is 10.8 Å². The second-order valence-corrected chi connectivity index (χ2v) is 5.06. The molecule has 0 bridgehead atoms. The molecule has 12 N–H and O–H groups in total. The molecule has 2 aromatic carbocycles. The third kappa shape index (κ3) is 4.19. The first kappa shape index (κ1) is 18.1. The monoisotopic (exact) mass is 360 g/mol. The number of anilines is 4. The lowest BCUT2D eigenvalue weighted by atomic mass is 10.0. The summed E-state index contributed by atoms with van der Waals surface area (Å²) in [5.74, 6) is 0. The van der Waals surface area contributed by atoms with E-state index in [1.165, 1.54) is 24.3 Å². The zero-order valence-corrected chi connectivity index (χ0v) is 13.3. The molecular formula is C14H16N8O4. The number of rotatable bonds is 4. The highest BCUT2D eigenvalue weighted by Gasteiger charge is 2.15. The summed E-state index contributed by atoms with van der Waals surface area (Å²) in [5.41, 5.74) is 21.2. The Morgan fingerprint density at radius 2 is 1.15 bits per heavy atom. The molecule has 0 unspecified atom stereocenters. The predicted molar refractivity (Wildman–Crippen MR) is 96.8 cm³/mol. The Morgan fingerprint density at radius 1 is 0.615 bits per heavy atom. The Balaban J connectivity index is 2.79. The molecular weight excluding hydrogens is 344 g/mol. The van der Waals surface area contributed by atoms with E-state index in [-0.39, 0.29) is 22.7 Å². The predicted octanol–water partition coefficient (Wildman–Crippen LogP) is 0.802. The lowest BCUT2D eigenvalue weighted by Crippen LogP contribution is -2.24. The Morgan fingerprint density at radius 3 is 1.69 bits per heavy atom. The van der Waals surface area contributed by atoms with Crippen molar-refractivity contribution in [2.75, 3.05) is 21.3 Å². The highest BCUT2D eigenvalue weighted by molar-refractivity contribution is 6.15. The first-order chi connectivity index (χ1) is 12.2. The molecule has 0 aromatic heterocycles. The Bertz CT molecular complexity index is 927. The fourth-order valence-corrected chi connectivity index (χ4v) is 2.38. The van der Waals surface area contributed by atoms with Crippen LogP contribution in [0.2, 0.25) is 0 Å². The lowest BCUT2D eigenvalue weighted by Gasteiger charge is -2.17. The standard InChI is InChI=1S/C14H16N8O4/c15-11(23)19-5-3-7-6(9(4-5)21-13(17)25)1-2-8(20-12(16)24)10(7)22-14(18)26/h1-4H,(H3,15,19,23)(H3,16,20,24)(H3,17,21,25)(H3,18,22,26). The zero-order valence-electron chi connectivity index (χ0n) is 13.3. The third-order valence-electron chi connectivity index (χ3n) is 3.17. The topological polar surface area (TPSA) is 220 Å². The van der Waals surface area contributed by atoms with E-state index >= 15 is 0 Å². The van der Waals surface area contributed by atoms with Gasteiger partial charge in [0.05, 0.1) is 17.1 Å². The zero-order chi connectivity index (χ0) is 19.4. The highest BCUT2D eigenvalue weighted by atomic mass is 16.2. The van der Waals surface area contributed by atoms with Gasteiger partial charge in [0, 0.05) is 16.5 Å². The number of benzene rings is 2. The Kier molecular flexibility index (Phi) is 4.97. The third-order valence-corrected chi connectivity index (χ3v) is 3.17. The molecule has 26 heavy (non-hydrogen) atoms. The minimum absolute atomic E-state index is 0.0921. The number of nitrogens with two attached hydrogens (primary N) is 4. The quantitative estimate of drug-likeness (QED) is 0.396. The maximum atomic E-state index is 11.4. The van der Waals surface area contributed by atoms with E-state index in [1.807, 2.05) is 0 Å². The molecule has 0 radical (unpaired) electrons. The maximum Gasteiger partial charge on any atom is 0.316 e. The van der Waals surface area contributed by atoms with Crippen molar-refractivity contribution in [3.05, 3.63) is 24.3 Å². The molecule has 0 aliphatic rings. The molecule has 2 rings (SSSR count). The number of urea groups is 4. The minimum Gasteiger partial charge on any atom is -0.351 e. The first-order valence-corrected chi connectivity index (χ1v) is 7.04. The Hall–Kier alpha value is -4.22. The van der Waals surface area contributed by atoms with Gasteiger partial charge in [-0.2, -0.15) is 0 Å². The van der Waals surface area contributed by atoms with Crippen LogP contribution in [0.4, 0.5) is 41.9 Å². The van der Waals surface area contributed by atoms with Crippen molar-refractivity contribution in [3.8, 4) is 0 Å². The molecule has 0 spiro atoms. The summed E-state index contributed by atoms with van der Waals surface area (Å²) in [5, 5.41) is 10.2. The average molecular weight is 360 g/mol. The molecule has 0 atom stereocenters. The van der Waals surface area contributed by atoms with Crippen molar-refractivity contribution in [3.63, 3.8) is 0 Å². The summed E-state index contributed by atoms with van der Waals surface area (Å²) in [6.07, 6.45) is 0. The second-order valence-electron chi connectivity index (χ2n) is 5.06. The second kappa shape index (κ2) is 7.12. The van der Waals surface area contributed by atoms with Crippen LogP contribution in [-0.4, -0.2) is 24.1 Å². The molecule has 136 valence electrons. The van der Waals surface area contributed by atoms with Gasteiger partial charge in [-0.25, -0.2) is 19.2 Å². The van der Waals surface area contributed by atoms with Crippen LogP contribution in [0.3, 0.4) is 0 Å². The maximum absolute atomic E-state index is 11.4. The highest BCUT2D eigenvalue weighted by Crippen LogP contribution is 2.37. The van der Waals surface area contributed by atoms with Crippen molar-refractivity contribution >= 4 is 57.6 Å². The van der Waals surface area contributed by atoms with Crippen molar-refractivity contribution in [2.45, 2.75) is 0 Å². The number of carbonyl (C=O) groups is 4. The fraction of sp³-hybridized carbons (Fsp3) is 0. The molecule has 12 heteroatoms. The smallest absolute Gasteiger partial charge is 0.316 e. The van der Waals surface area contributed by atoms with Gasteiger partial charge in [0.25, 0.3) is 0 Å². The van der Waals surface area contributed by atoms with E-state index in [4.69, 9.17) is 22.9 Å². The minimum atomic E-state index is -0.914. The molecule has 0 aliphatic heterocycles. The van der Waals surface area contributed by atoms with Gasteiger partial charge in [-0.15, -0.1) is 0 Å². The molecule has 0 aliphatic carbocycles. The van der Waals surface area contributed by atoms with Gasteiger partial charge in [0.1, 0.15) is 0 Å². The van der Waals surface area contributed by atoms with Crippen molar-refractivity contribution < 1.29 is 19.2 Å². The van der Waals surface area contributed by atoms with Crippen LogP contribution >= 0.6 is 0 Å². The van der Waals surface area contributed by atoms with Gasteiger partial charge in [0.2, 0.25) is 0 Å². The largest absolute Gasteiger partial charge is 0.351 e. The van der Waals surface area contributed by atoms with Crippen LogP contribution in [-0.2, 0) is 0 Å². The van der Waals surface area contributed by atoms with Gasteiger partial charge in [-0.3, -0.25) is 0 Å². The normalized spacial score (nSPS) is 10.0. The molecule has 0 saturated carbocycles. The van der Waals surface area contributed by atoms with Crippen molar-refractivity contribution in [2.24, 2.45) is 22.9 Å². The molecule has 12 nitrogen and oxygen atoms in total. The Labute approximate surface area is 146 Å². The van der Waals surface area contributed by atoms with Crippen molar-refractivity contribution in [1.82, 2.24) is 0 Å². The molecule has 2 aromatic rings. The SMILES string of the molecule is NC(=O)Nc1cc(NC(N)=O)c2ccc(NC(N)=O)c(NC(N)=O)c2c1. The van der Waals surface area contributed by atoms with Crippen LogP contribution in [0, 0.1) is 0 Å². The average Bonchev–Trinajstić information content (AvgIpc) is 2.47. The van der Waals surface area contributed by atoms with E-state index in [0.29, 0.717) is 10.8 Å². The van der Waals surface area contributed by atoms with Gasteiger partial charge in [-0.1, -0.05) is 6.07 Å². The number of nitrogens with one attached hydrogen (secondary N) is 4. The number of fused-ring (bicyclic) bond motifs is 1. The van der Waals surface area contributed by atoms with Crippen LogP contribution in [0.1, 0.15) is 0 Å². The van der Waals surface area contributed by atoms with Crippen LogP contribution in [0.5, 0.6) is 0 Å². The molecule has 0 fully saturated rings. The number of hydrogen-bond acceptors (Lipinski definition) is 4. The van der Waals surface area contributed by atoms with Gasteiger partial charge >= 0.3 is 24.1 Å². The summed E-state index contributed by atoms with van der Waals surface area (Å²) in [6.45, 7) is 0. The van der Waals surface area contributed by atoms with E-state index in [1.54, 1.807) is 0 Å². The molecule has 8 amide bonds. The fourth-order valence-electron chi connectivity index (χ4n) is 2.38. The van der Waals surface area contributed by atoms with E-state index in [2.05, 4.69) is 21.3 Å². The number of hydrogen-bond donors (Lipinski definition) is 8. The number of amides is 8. The molecule has 0 saturated heterocycles. The molecule has 0 heterocycles. The number of carbonyl (C=O) groups excluding carboxylic acids is 4. The first-order valence-electron chi connectivity index (χ1n) is 7.04. The summed E-state index contributed by atoms with van der Waals surface area (Å²) < 4.78 is 0. The van der Waals surface area contributed by atoms with Gasteiger partial charge in [-0.05, 0) is 18.2 Å². The lowest BCUT2D eigenvalue weighted by molar-refractivity contribution is 0.258. The number of primary amides is 4. The van der Waals surface area contributed by atoms with E-state index in [9.17, 15) is 19.2 Å². The van der Waals surface area contributed by atoms with Gasteiger partial charge < -0.3 is 44.2 Å². The van der Waals surface area contributed by atoms with E-state index in [0.717, 1.165) is 0 Å². The van der Waals surface area contributed by atoms with Gasteiger partial charge in [0.15, 0.2) is 0 Å². The summed E-state index contributed by atoms with van der Waals surface area (Å²) in [6, 6.07) is 2.33. The summed E-state index contributed by atoms with van der Waals surface area (Å²) in [7, 11) is 0.